The van der Waals surface area contributed by atoms with E-state index in [9.17, 15) is 9.59 Å². The van der Waals surface area contributed by atoms with Gasteiger partial charge in [-0.1, -0.05) is 36.4 Å². The maximum Gasteiger partial charge on any atom is 0.320 e. The number of piperazine rings is 2. The highest BCUT2D eigenvalue weighted by Crippen LogP contribution is 2.21. The molecular weight excluding hydrogens is 406 g/mol. The van der Waals surface area contributed by atoms with E-state index in [2.05, 4.69) is 34.5 Å². The largest absolute Gasteiger partial charge is 0.465 e. The molecule has 0 saturated carbocycles. The molecule has 2 aliphatic heterocycles. The number of nitrogens with zero attached hydrogens (tertiary/aromatic N) is 4. The normalized spacial score (nSPS) is 19.6. The maximum absolute atomic E-state index is 13.1. The minimum absolute atomic E-state index is 0.0580. The number of ether oxygens (including phenoxy) is 1. The van der Waals surface area contributed by atoms with Gasteiger partial charge in [0.1, 0.15) is 11.5 Å². The van der Waals surface area contributed by atoms with Crippen molar-refractivity contribution in [1.82, 2.24) is 20.1 Å². The van der Waals surface area contributed by atoms with E-state index >= 15 is 0 Å². The van der Waals surface area contributed by atoms with Gasteiger partial charge in [0.15, 0.2) is 0 Å². The Balaban J connectivity index is 1.37. The molecule has 2 fully saturated rings. The molecule has 0 aliphatic carbocycles. The second-order valence-electron chi connectivity index (χ2n) is 8.12. The lowest BCUT2D eigenvalue weighted by Crippen LogP contribution is -2.50. The molecule has 1 N–H and O–H groups in total. The molecule has 1 amide bonds. The van der Waals surface area contributed by atoms with E-state index < -0.39 is 0 Å². The van der Waals surface area contributed by atoms with Crippen LogP contribution in [0.25, 0.3) is 0 Å². The number of hydrogen-bond acceptors (Lipinski definition) is 7. The first kappa shape index (κ1) is 22.2. The Kier molecular flexibility index (Phi) is 7.34. The van der Waals surface area contributed by atoms with Crippen LogP contribution in [0.3, 0.4) is 0 Å². The van der Waals surface area contributed by atoms with Gasteiger partial charge in [-0.25, -0.2) is 4.98 Å². The van der Waals surface area contributed by atoms with E-state index in [0.717, 1.165) is 25.5 Å². The predicted molar refractivity (Wildman–Crippen MR) is 123 cm³/mol. The maximum atomic E-state index is 13.1. The van der Waals surface area contributed by atoms with Gasteiger partial charge in [-0.15, -0.1) is 0 Å². The second-order valence-corrected chi connectivity index (χ2v) is 8.12. The summed E-state index contributed by atoms with van der Waals surface area (Å²) in [5.74, 6) is 0.558. The minimum atomic E-state index is -0.216. The first-order valence-corrected chi connectivity index (χ1v) is 11.3. The zero-order valence-corrected chi connectivity index (χ0v) is 18.6. The summed E-state index contributed by atoms with van der Waals surface area (Å²) in [6.45, 7) is 7.44. The van der Waals surface area contributed by atoms with Crippen LogP contribution in [0.4, 0.5) is 5.82 Å². The molecule has 170 valence electrons. The van der Waals surface area contributed by atoms with Crippen LogP contribution in [0.15, 0.2) is 48.5 Å². The molecule has 32 heavy (non-hydrogen) atoms. The summed E-state index contributed by atoms with van der Waals surface area (Å²) in [7, 11) is 0. The molecule has 8 nitrogen and oxygen atoms in total. The first-order chi connectivity index (χ1) is 15.6. The van der Waals surface area contributed by atoms with Crippen molar-refractivity contribution in [3.63, 3.8) is 0 Å². The van der Waals surface area contributed by atoms with Crippen molar-refractivity contribution in [3.8, 4) is 0 Å². The van der Waals surface area contributed by atoms with Crippen molar-refractivity contribution < 1.29 is 14.3 Å². The van der Waals surface area contributed by atoms with Crippen LogP contribution in [0.5, 0.6) is 0 Å². The van der Waals surface area contributed by atoms with E-state index in [1.807, 2.05) is 28.0 Å². The summed E-state index contributed by atoms with van der Waals surface area (Å²) in [5, 5.41) is 3.57. The van der Waals surface area contributed by atoms with Crippen LogP contribution in [-0.2, 0) is 9.53 Å². The van der Waals surface area contributed by atoms with Crippen LogP contribution in [-0.4, -0.2) is 85.6 Å². The van der Waals surface area contributed by atoms with E-state index in [0.29, 0.717) is 38.5 Å². The predicted octanol–water partition coefficient (Wildman–Crippen LogP) is 1.55. The van der Waals surface area contributed by atoms with Gasteiger partial charge in [0, 0.05) is 51.9 Å². The number of carbonyl (C=O) groups excluding carboxylic acids is 2. The molecule has 3 heterocycles. The van der Waals surface area contributed by atoms with Gasteiger partial charge in [0.25, 0.3) is 5.91 Å². The summed E-state index contributed by atoms with van der Waals surface area (Å²) in [5.41, 5.74) is 1.72. The number of nitrogens with one attached hydrogen (secondary N) is 1. The number of rotatable bonds is 6. The molecule has 8 heteroatoms. The third-order valence-corrected chi connectivity index (χ3v) is 5.97. The van der Waals surface area contributed by atoms with Crippen molar-refractivity contribution in [2.24, 2.45) is 0 Å². The average Bonchev–Trinajstić information content (AvgIpc) is 2.85. The Labute approximate surface area is 189 Å². The van der Waals surface area contributed by atoms with Crippen LogP contribution in [0.1, 0.15) is 29.0 Å². The standard InChI is InChI=1S/C24H31N5O3/c1-2-32-23(30)18-27-13-15-28(16-14-27)24(31)20-9-6-10-22(26-20)29-12-11-25-21(17-29)19-7-4-3-5-8-19/h3-10,21,25H,2,11-18H2,1H3. The third-order valence-electron chi connectivity index (χ3n) is 5.97. The van der Waals surface area contributed by atoms with Gasteiger partial charge in [-0.05, 0) is 24.6 Å². The Morgan fingerprint density at radius 1 is 1.03 bits per heavy atom. The molecule has 0 radical (unpaired) electrons. The summed E-state index contributed by atoms with van der Waals surface area (Å²) in [6, 6.07) is 16.3. The van der Waals surface area contributed by atoms with Crippen molar-refractivity contribution in [2.75, 3.05) is 63.9 Å². The number of carbonyl (C=O) groups is 2. The average molecular weight is 438 g/mol. The zero-order chi connectivity index (χ0) is 22.3. The van der Waals surface area contributed by atoms with E-state index in [4.69, 9.17) is 9.72 Å². The van der Waals surface area contributed by atoms with Gasteiger partial charge in [0.2, 0.25) is 0 Å². The highest BCUT2D eigenvalue weighted by Gasteiger charge is 2.26. The van der Waals surface area contributed by atoms with Crippen LogP contribution in [0.2, 0.25) is 0 Å². The number of hydrogen-bond donors (Lipinski definition) is 1. The SMILES string of the molecule is CCOC(=O)CN1CCN(C(=O)c2cccc(N3CCNC(c4ccccc4)C3)n2)CC1. The number of esters is 1. The topological polar surface area (TPSA) is 78.0 Å². The quantitative estimate of drug-likeness (QED) is 0.687. The Hall–Kier alpha value is -2.97. The fraction of sp³-hybridized carbons (Fsp3) is 0.458. The summed E-state index contributed by atoms with van der Waals surface area (Å²) in [6.07, 6.45) is 0. The zero-order valence-electron chi connectivity index (χ0n) is 18.6. The number of benzene rings is 1. The molecule has 1 unspecified atom stereocenters. The van der Waals surface area contributed by atoms with E-state index in [1.165, 1.54) is 5.56 Å². The van der Waals surface area contributed by atoms with Gasteiger partial charge < -0.3 is 19.9 Å². The minimum Gasteiger partial charge on any atom is -0.465 e. The number of pyridine rings is 1. The molecular formula is C24H31N5O3. The molecule has 0 spiro atoms. The molecule has 2 saturated heterocycles. The Bertz CT molecular complexity index is 915. The van der Waals surface area contributed by atoms with Crippen molar-refractivity contribution in [1.29, 1.82) is 0 Å². The molecule has 1 aromatic heterocycles. The molecule has 1 atom stereocenters. The highest BCUT2D eigenvalue weighted by atomic mass is 16.5. The van der Waals surface area contributed by atoms with Crippen LogP contribution >= 0.6 is 0 Å². The first-order valence-electron chi connectivity index (χ1n) is 11.3. The van der Waals surface area contributed by atoms with Crippen molar-refractivity contribution >= 4 is 17.7 Å². The molecule has 1 aromatic carbocycles. The fourth-order valence-electron chi connectivity index (χ4n) is 4.25. The number of amides is 1. The monoisotopic (exact) mass is 437 g/mol. The molecule has 2 aromatic rings. The lowest BCUT2D eigenvalue weighted by molar-refractivity contribution is -0.144. The fourth-order valence-corrected chi connectivity index (χ4v) is 4.25. The van der Waals surface area contributed by atoms with Gasteiger partial charge in [-0.2, -0.15) is 0 Å². The van der Waals surface area contributed by atoms with Crippen LogP contribution in [0, 0.1) is 0 Å². The summed E-state index contributed by atoms with van der Waals surface area (Å²) in [4.78, 5) is 35.6. The lowest BCUT2D eigenvalue weighted by atomic mass is 10.0. The Morgan fingerprint density at radius 3 is 2.56 bits per heavy atom. The third kappa shape index (κ3) is 5.44. The lowest BCUT2D eigenvalue weighted by Gasteiger charge is -2.35. The number of anilines is 1. The smallest absolute Gasteiger partial charge is 0.320 e. The number of aromatic nitrogens is 1. The highest BCUT2D eigenvalue weighted by molar-refractivity contribution is 5.92. The molecule has 2 aliphatic rings. The summed E-state index contributed by atoms with van der Waals surface area (Å²) < 4.78 is 5.01. The van der Waals surface area contributed by atoms with E-state index in [1.54, 1.807) is 13.0 Å². The van der Waals surface area contributed by atoms with Gasteiger partial charge >= 0.3 is 5.97 Å². The van der Waals surface area contributed by atoms with Crippen molar-refractivity contribution in [3.05, 3.63) is 59.8 Å². The summed E-state index contributed by atoms with van der Waals surface area (Å²) >= 11 is 0. The molecule has 4 rings (SSSR count). The van der Waals surface area contributed by atoms with Gasteiger partial charge in [0.05, 0.1) is 13.2 Å². The Morgan fingerprint density at radius 2 is 1.81 bits per heavy atom. The van der Waals surface area contributed by atoms with Crippen LogP contribution < -0.4 is 10.2 Å². The second kappa shape index (κ2) is 10.6. The molecule has 0 bridgehead atoms. The van der Waals surface area contributed by atoms with E-state index in [-0.39, 0.29) is 24.5 Å². The van der Waals surface area contributed by atoms with Crippen molar-refractivity contribution in [2.45, 2.75) is 13.0 Å². The van der Waals surface area contributed by atoms with Gasteiger partial charge in [-0.3, -0.25) is 14.5 Å².